The van der Waals surface area contributed by atoms with Crippen molar-refractivity contribution in [2.24, 2.45) is 0 Å². The number of hydrogen-bond acceptors (Lipinski definition) is 3. The van der Waals surface area contributed by atoms with Crippen molar-refractivity contribution in [3.05, 3.63) is 35.9 Å². The summed E-state index contributed by atoms with van der Waals surface area (Å²) in [5.74, 6) is 2.44. The zero-order valence-electron chi connectivity index (χ0n) is 9.23. The first-order valence-electron chi connectivity index (χ1n) is 5.27. The first kappa shape index (κ1) is 12.7. The van der Waals surface area contributed by atoms with Crippen LogP contribution in [0.1, 0.15) is 5.56 Å². The lowest BCUT2D eigenvalue weighted by Gasteiger charge is -2.11. The Bertz CT molecular complexity index is 318. The van der Waals surface area contributed by atoms with E-state index in [9.17, 15) is 5.11 Å². The van der Waals surface area contributed by atoms with E-state index in [4.69, 9.17) is 11.2 Å². The van der Waals surface area contributed by atoms with Gasteiger partial charge in [-0.1, -0.05) is 36.3 Å². The summed E-state index contributed by atoms with van der Waals surface area (Å²) in [6.45, 7) is 1.76. The molecule has 0 saturated carbocycles. The van der Waals surface area contributed by atoms with Gasteiger partial charge in [-0.3, -0.25) is 0 Å². The van der Waals surface area contributed by atoms with E-state index < -0.39 is 6.10 Å². The monoisotopic (exact) mass is 219 g/mol. The first-order valence-corrected chi connectivity index (χ1v) is 5.27. The van der Waals surface area contributed by atoms with Gasteiger partial charge in [0.05, 0.1) is 25.9 Å². The molecule has 0 aliphatic heterocycles. The van der Waals surface area contributed by atoms with Crippen LogP contribution in [0, 0.1) is 12.3 Å². The lowest BCUT2D eigenvalue weighted by atomic mass is 10.2. The van der Waals surface area contributed by atoms with Crippen molar-refractivity contribution in [1.29, 1.82) is 0 Å². The summed E-state index contributed by atoms with van der Waals surface area (Å²) >= 11 is 0. The molecule has 1 aromatic rings. The highest BCUT2D eigenvalue weighted by Crippen LogP contribution is 2.00. The molecular weight excluding hydrogens is 202 g/mol. The van der Waals surface area contributed by atoms with Gasteiger partial charge in [-0.25, -0.2) is 0 Å². The molecule has 0 heterocycles. The molecule has 1 atom stereocenters. The van der Waals surface area contributed by atoms with Gasteiger partial charge in [0.1, 0.15) is 0 Å². The number of hydrogen-bond donors (Lipinski definition) is 2. The molecule has 0 aliphatic carbocycles. The summed E-state index contributed by atoms with van der Waals surface area (Å²) in [5.41, 5.74) is 1.10. The van der Waals surface area contributed by atoms with Crippen LogP contribution in [0.4, 0.5) is 0 Å². The molecule has 2 N–H and O–H groups in total. The van der Waals surface area contributed by atoms with Crippen LogP contribution in [-0.2, 0) is 11.3 Å². The fourth-order valence-electron chi connectivity index (χ4n) is 1.26. The minimum atomic E-state index is -0.517. The van der Waals surface area contributed by atoms with E-state index in [1.165, 1.54) is 0 Å². The summed E-state index contributed by atoms with van der Waals surface area (Å²) in [6.07, 6.45) is 4.55. The van der Waals surface area contributed by atoms with Crippen LogP contribution in [0.3, 0.4) is 0 Å². The zero-order chi connectivity index (χ0) is 11.6. The molecule has 0 bridgehead atoms. The molecule has 0 amide bonds. The highest BCUT2D eigenvalue weighted by molar-refractivity contribution is 5.13. The van der Waals surface area contributed by atoms with Crippen LogP contribution in [0.5, 0.6) is 0 Å². The maximum atomic E-state index is 9.50. The predicted octanol–water partition coefficient (Wildman–Crippen LogP) is 0.787. The molecule has 0 radical (unpaired) electrons. The van der Waals surface area contributed by atoms with Crippen molar-refractivity contribution >= 4 is 0 Å². The molecule has 0 spiro atoms. The fourth-order valence-corrected chi connectivity index (χ4v) is 1.26. The van der Waals surface area contributed by atoms with Gasteiger partial charge in [0, 0.05) is 6.54 Å². The Balaban J connectivity index is 2.09. The third kappa shape index (κ3) is 5.52. The predicted molar refractivity (Wildman–Crippen MR) is 63.8 cm³/mol. The van der Waals surface area contributed by atoms with Gasteiger partial charge in [0.15, 0.2) is 0 Å². The second kappa shape index (κ2) is 7.89. The van der Waals surface area contributed by atoms with Crippen LogP contribution >= 0.6 is 0 Å². The summed E-state index contributed by atoms with van der Waals surface area (Å²) in [5, 5.41) is 12.4. The number of aliphatic hydroxyl groups is 1. The number of nitrogens with one attached hydrogen (secondary N) is 1. The summed E-state index contributed by atoms with van der Waals surface area (Å²) in [6, 6.07) is 9.86. The molecule has 0 aliphatic rings. The van der Waals surface area contributed by atoms with Crippen LogP contribution in [0.2, 0.25) is 0 Å². The van der Waals surface area contributed by atoms with Crippen LogP contribution in [0.25, 0.3) is 0 Å². The minimum absolute atomic E-state index is 0.312. The van der Waals surface area contributed by atoms with E-state index >= 15 is 0 Å². The molecule has 3 heteroatoms. The molecule has 3 nitrogen and oxygen atoms in total. The molecule has 0 aromatic heterocycles. The molecule has 1 aromatic carbocycles. The maximum Gasteiger partial charge on any atom is 0.0898 e. The summed E-state index contributed by atoms with van der Waals surface area (Å²) < 4.78 is 5.37. The average molecular weight is 219 g/mol. The SMILES string of the molecule is C#CCNCC(O)COCc1ccccc1. The minimum Gasteiger partial charge on any atom is -0.389 e. The Labute approximate surface area is 96.4 Å². The van der Waals surface area contributed by atoms with E-state index in [-0.39, 0.29) is 0 Å². The number of benzene rings is 1. The van der Waals surface area contributed by atoms with E-state index in [0.29, 0.717) is 26.3 Å². The smallest absolute Gasteiger partial charge is 0.0898 e. The largest absolute Gasteiger partial charge is 0.389 e. The fraction of sp³-hybridized carbons (Fsp3) is 0.385. The van der Waals surface area contributed by atoms with Crippen molar-refractivity contribution in [3.63, 3.8) is 0 Å². The third-order valence-corrected chi connectivity index (χ3v) is 2.03. The van der Waals surface area contributed by atoms with Crippen molar-refractivity contribution in [2.45, 2.75) is 12.7 Å². The highest BCUT2D eigenvalue weighted by Gasteiger charge is 2.02. The van der Waals surface area contributed by atoms with Gasteiger partial charge >= 0.3 is 0 Å². The van der Waals surface area contributed by atoms with Gasteiger partial charge in [0.2, 0.25) is 0 Å². The standard InChI is InChI=1S/C13H17NO2/c1-2-8-14-9-13(15)11-16-10-12-6-4-3-5-7-12/h1,3-7,13-15H,8-11H2. The van der Waals surface area contributed by atoms with Gasteiger partial charge in [-0.2, -0.15) is 0 Å². The van der Waals surface area contributed by atoms with E-state index in [0.717, 1.165) is 5.56 Å². The Morgan fingerprint density at radius 2 is 2.12 bits per heavy atom. The van der Waals surface area contributed by atoms with E-state index in [1.807, 2.05) is 30.3 Å². The molecule has 1 rings (SSSR count). The Morgan fingerprint density at radius 3 is 2.81 bits per heavy atom. The van der Waals surface area contributed by atoms with Crippen molar-refractivity contribution in [3.8, 4) is 12.3 Å². The third-order valence-electron chi connectivity index (χ3n) is 2.03. The second-order valence-corrected chi connectivity index (χ2v) is 3.49. The number of terminal acetylenes is 1. The Morgan fingerprint density at radius 1 is 1.38 bits per heavy atom. The Kier molecular flexibility index (Phi) is 6.28. The molecule has 16 heavy (non-hydrogen) atoms. The molecule has 0 saturated heterocycles. The van der Waals surface area contributed by atoms with Crippen LogP contribution in [-0.4, -0.2) is 30.9 Å². The number of aliphatic hydroxyl groups excluding tert-OH is 1. The normalized spacial score (nSPS) is 12.0. The number of rotatable bonds is 7. The summed E-state index contributed by atoms with van der Waals surface area (Å²) in [4.78, 5) is 0. The highest BCUT2D eigenvalue weighted by atomic mass is 16.5. The van der Waals surface area contributed by atoms with Gasteiger partial charge in [-0.15, -0.1) is 6.42 Å². The molecule has 86 valence electrons. The van der Waals surface area contributed by atoms with E-state index in [1.54, 1.807) is 0 Å². The van der Waals surface area contributed by atoms with Crippen LogP contribution < -0.4 is 5.32 Å². The maximum absolute atomic E-state index is 9.50. The summed E-state index contributed by atoms with van der Waals surface area (Å²) in [7, 11) is 0. The van der Waals surface area contributed by atoms with Gasteiger partial charge in [-0.05, 0) is 5.56 Å². The lowest BCUT2D eigenvalue weighted by Crippen LogP contribution is -2.30. The average Bonchev–Trinajstić information content (AvgIpc) is 2.31. The van der Waals surface area contributed by atoms with Crippen molar-refractivity contribution in [2.75, 3.05) is 19.7 Å². The molecular formula is C13H17NO2. The number of ether oxygens (including phenoxy) is 1. The van der Waals surface area contributed by atoms with Crippen molar-refractivity contribution in [1.82, 2.24) is 5.32 Å². The molecule has 0 fully saturated rings. The van der Waals surface area contributed by atoms with Crippen molar-refractivity contribution < 1.29 is 9.84 Å². The van der Waals surface area contributed by atoms with Gasteiger partial charge in [0.25, 0.3) is 0 Å². The topological polar surface area (TPSA) is 41.5 Å². The van der Waals surface area contributed by atoms with Gasteiger partial charge < -0.3 is 15.2 Å². The van der Waals surface area contributed by atoms with Crippen LogP contribution in [0.15, 0.2) is 30.3 Å². The first-order chi connectivity index (χ1) is 7.83. The Hall–Kier alpha value is -1.34. The zero-order valence-corrected chi connectivity index (χ0v) is 9.23. The van der Waals surface area contributed by atoms with E-state index in [2.05, 4.69) is 11.2 Å². The molecule has 1 unspecified atom stereocenters. The lowest BCUT2D eigenvalue weighted by molar-refractivity contribution is 0.0294. The second-order valence-electron chi connectivity index (χ2n) is 3.49. The quantitative estimate of drug-likeness (QED) is 0.526.